The molecule has 0 amide bonds. The number of rotatable bonds is 5. The van der Waals surface area contributed by atoms with Gasteiger partial charge in [-0.15, -0.1) is 0 Å². The van der Waals surface area contributed by atoms with Crippen molar-refractivity contribution in [3.63, 3.8) is 0 Å². The Hall–Kier alpha value is -1.19. The van der Waals surface area contributed by atoms with E-state index in [9.17, 15) is 0 Å². The predicted octanol–water partition coefficient (Wildman–Crippen LogP) is 2.96. The predicted molar refractivity (Wildman–Crippen MR) is 81.3 cm³/mol. The third-order valence-corrected chi connectivity index (χ3v) is 3.51. The van der Waals surface area contributed by atoms with Gasteiger partial charge in [0.15, 0.2) is 0 Å². The van der Waals surface area contributed by atoms with Gasteiger partial charge in [0.05, 0.1) is 12.3 Å². The van der Waals surface area contributed by atoms with Crippen LogP contribution in [0.25, 0.3) is 0 Å². The zero-order chi connectivity index (χ0) is 13.5. The first kappa shape index (κ1) is 14.2. The first-order valence-electron chi connectivity index (χ1n) is 6.79. The van der Waals surface area contributed by atoms with Crippen LogP contribution in [0.2, 0.25) is 0 Å². The molecule has 0 aromatic heterocycles. The van der Waals surface area contributed by atoms with Gasteiger partial charge >= 0.3 is 0 Å². The Bertz CT molecular complexity index is 414. The van der Waals surface area contributed by atoms with Crippen LogP contribution in [-0.4, -0.2) is 44.2 Å². The average molecular weight is 281 g/mol. The van der Waals surface area contributed by atoms with E-state index in [2.05, 4.69) is 21.9 Å². The topological polar surface area (TPSA) is 15.7 Å². The van der Waals surface area contributed by atoms with E-state index in [0.29, 0.717) is 6.61 Å². The quantitative estimate of drug-likeness (QED) is 0.825. The summed E-state index contributed by atoms with van der Waals surface area (Å²) in [6.45, 7) is 7.83. The lowest BCUT2D eigenvalue weighted by Gasteiger charge is -2.36. The summed E-state index contributed by atoms with van der Waals surface area (Å²) in [7, 11) is 0. The summed E-state index contributed by atoms with van der Waals surface area (Å²) >= 11 is 5.57. The molecule has 0 spiro atoms. The second kappa shape index (κ2) is 7.41. The maximum absolute atomic E-state index is 5.70. The highest BCUT2D eigenvalue weighted by Crippen LogP contribution is 2.28. The molecule has 4 heteroatoms. The van der Waals surface area contributed by atoms with E-state index in [1.807, 2.05) is 25.1 Å². The number of halogens is 1. The summed E-state index contributed by atoms with van der Waals surface area (Å²) in [4.78, 5) is 4.80. The zero-order valence-electron chi connectivity index (χ0n) is 11.4. The Labute approximate surface area is 120 Å². The molecule has 19 heavy (non-hydrogen) atoms. The molecular weight excluding hydrogens is 260 g/mol. The number of benzene rings is 1. The van der Waals surface area contributed by atoms with Gasteiger partial charge in [0.2, 0.25) is 0 Å². The molecule has 1 saturated heterocycles. The second-order valence-corrected chi connectivity index (χ2v) is 4.80. The van der Waals surface area contributed by atoms with Crippen molar-refractivity contribution in [2.24, 2.45) is 0 Å². The number of anilines is 1. The smallest absolute Gasteiger partial charge is 0.142 e. The lowest BCUT2D eigenvalue weighted by atomic mass is 10.2. The lowest BCUT2D eigenvalue weighted by Crippen LogP contribution is -2.46. The number of piperazine rings is 1. The minimum Gasteiger partial charge on any atom is -0.492 e. The van der Waals surface area contributed by atoms with E-state index >= 15 is 0 Å². The van der Waals surface area contributed by atoms with Crippen molar-refractivity contribution in [1.29, 1.82) is 0 Å². The van der Waals surface area contributed by atoms with Crippen LogP contribution in [0.5, 0.6) is 5.75 Å². The SMILES string of the molecule is CCOc1ccccc1N1CCN(C/C=C/Cl)CC1. The van der Waals surface area contributed by atoms with E-state index in [1.54, 1.807) is 5.54 Å². The molecule has 3 nitrogen and oxygen atoms in total. The summed E-state index contributed by atoms with van der Waals surface area (Å²) in [5.41, 5.74) is 2.80. The molecule has 0 N–H and O–H groups in total. The van der Waals surface area contributed by atoms with Crippen LogP contribution < -0.4 is 9.64 Å². The normalized spacial score (nSPS) is 17.1. The Kier molecular flexibility index (Phi) is 5.55. The second-order valence-electron chi connectivity index (χ2n) is 4.55. The molecule has 0 aliphatic carbocycles. The molecule has 0 saturated carbocycles. The Morgan fingerprint density at radius 3 is 2.63 bits per heavy atom. The van der Waals surface area contributed by atoms with E-state index in [-0.39, 0.29) is 0 Å². The number of para-hydroxylation sites is 2. The van der Waals surface area contributed by atoms with Crippen molar-refractivity contribution in [3.05, 3.63) is 35.9 Å². The molecule has 0 atom stereocenters. The van der Waals surface area contributed by atoms with Gasteiger partial charge in [-0.3, -0.25) is 4.90 Å². The molecule has 0 radical (unpaired) electrons. The fourth-order valence-electron chi connectivity index (χ4n) is 2.36. The average Bonchev–Trinajstić information content (AvgIpc) is 2.47. The Morgan fingerprint density at radius 1 is 1.21 bits per heavy atom. The Morgan fingerprint density at radius 2 is 1.95 bits per heavy atom. The minimum atomic E-state index is 0.706. The third kappa shape index (κ3) is 3.88. The number of nitrogens with zero attached hydrogens (tertiary/aromatic N) is 2. The molecule has 1 aromatic rings. The van der Waals surface area contributed by atoms with Crippen LogP contribution >= 0.6 is 11.6 Å². The number of hydrogen-bond donors (Lipinski definition) is 0. The molecule has 1 heterocycles. The summed E-state index contributed by atoms with van der Waals surface area (Å²) in [6.07, 6.45) is 1.99. The monoisotopic (exact) mass is 280 g/mol. The molecule has 1 aromatic carbocycles. The van der Waals surface area contributed by atoms with Crippen LogP contribution in [0.3, 0.4) is 0 Å². The highest BCUT2D eigenvalue weighted by molar-refractivity contribution is 6.25. The molecule has 1 aliphatic heterocycles. The third-order valence-electron chi connectivity index (χ3n) is 3.33. The highest BCUT2D eigenvalue weighted by atomic mass is 35.5. The summed E-state index contributed by atoms with van der Waals surface area (Å²) < 4.78 is 5.70. The van der Waals surface area contributed by atoms with Crippen LogP contribution in [0, 0.1) is 0 Å². The van der Waals surface area contributed by atoms with Gasteiger partial charge in [-0.2, -0.15) is 0 Å². The standard InChI is InChI=1S/C15H21ClN2O/c1-2-19-15-7-4-3-6-14(15)18-12-10-17(11-13-18)9-5-8-16/h3-8H,2,9-13H2,1H3/b8-5+. The van der Waals surface area contributed by atoms with Gasteiger partial charge in [-0.05, 0) is 19.1 Å². The molecule has 0 bridgehead atoms. The number of ether oxygens (including phenoxy) is 1. The molecule has 1 aliphatic rings. The van der Waals surface area contributed by atoms with Crippen molar-refractivity contribution in [3.8, 4) is 5.75 Å². The van der Waals surface area contributed by atoms with Crippen molar-refractivity contribution in [2.45, 2.75) is 6.92 Å². The first-order valence-corrected chi connectivity index (χ1v) is 7.23. The number of hydrogen-bond acceptors (Lipinski definition) is 3. The van der Waals surface area contributed by atoms with E-state index in [4.69, 9.17) is 16.3 Å². The fraction of sp³-hybridized carbons (Fsp3) is 0.467. The van der Waals surface area contributed by atoms with Crippen molar-refractivity contribution in [2.75, 3.05) is 44.2 Å². The molecule has 1 fully saturated rings. The van der Waals surface area contributed by atoms with Gasteiger partial charge in [-0.1, -0.05) is 29.8 Å². The van der Waals surface area contributed by atoms with Crippen molar-refractivity contribution < 1.29 is 4.74 Å². The first-order chi connectivity index (χ1) is 9.35. The van der Waals surface area contributed by atoms with Crippen molar-refractivity contribution >= 4 is 17.3 Å². The van der Waals surface area contributed by atoms with Gasteiger partial charge in [0, 0.05) is 38.3 Å². The maximum atomic E-state index is 5.70. The molecule has 0 unspecified atom stereocenters. The van der Waals surface area contributed by atoms with Crippen LogP contribution in [0.4, 0.5) is 5.69 Å². The maximum Gasteiger partial charge on any atom is 0.142 e. The van der Waals surface area contributed by atoms with Crippen LogP contribution in [-0.2, 0) is 0 Å². The summed E-state index contributed by atoms with van der Waals surface area (Å²) in [5.74, 6) is 0.985. The summed E-state index contributed by atoms with van der Waals surface area (Å²) in [5, 5.41) is 0. The van der Waals surface area contributed by atoms with E-state index < -0.39 is 0 Å². The lowest BCUT2D eigenvalue weighted by molar-refractivity contribution is 0.281. The van der Waals surface area contributed by atoms with Crippen LogP contribution in [0.1, 0.15) is 6.92 Å². The largest absolute Gasteiger partial charge is 0.492 e. The van der Waals surface area contributed by atoms with Crippen LogP contribution in [0.15, 0.2) is 35.9 Å². The van der Waals surface area contributed by atoms with Gasteiger partial charge in [-0.25, -0.2) is 0 Å². The fourth-order valence-corrected chi connectivity index (χ4v) is 2.44. The van der Waals surface area contributed by atoms with Gasteiger partial charge in [0.25, 0.3) is 0 Å². The highest BCUT2D eigenvalue weighted by Gasteiger charge is 2.18. The minimum absolute atomic E-state index is 0.706. The Balaban J connectivity index is 1.97. The molecular formula is C15H21ClN2O. The summed E-state index contributed by atoms with van der Waals surface area (Å²) in [6, 6.07) is 8.28. The van der Waals surface area contributed by atoms with Gasteiger partial charge in [0.1, 0.15) is 5.75 Å². The van der Waals surface area contributed by atoms with E-state index in [1.165, 1.54) is 5.69 Å². The van der Waals surface area contributed by atoms with E-state index in [0.717, 1.165) is 38.5 Å². The van der Waals surface area contributed by atoms with Crippen molar-refractivity contribution in [1.82, 2.24) is 4.90 Å². The molecule has 2 rings (SSSR count). The molecule has 104 valence electrons. The zero-order valence-corrected chi connectivity index (χ0v) is 12.1. The van der Waals surface area contributed by atoms with Gasteiger partial charge < -0.3 is 9.64 Å².